The van der Waals surface area contributed by atoms with Crippen LogP contribution in [-0.2, 0) is 0 Å². The molecule has 5 heteroatoms. The summed E-state index contributed by atoms with van der Waals surface area (Å²) in [6.07, 6.45) is 2.41. The highest BCUT2D eigenvalue weighted by Crippen LogP contribution is 2.24. The van der Waals surface area contributed by atoms with Crippen LogP contribution in [0.4, 0.5) is 11.4 Å². The van der Waals surface area contributed by atoms with Gasteiger partial charge >= 0.3 is 5.97 Å². The number of hydrogen-bond acceptors (Lipinski definition) is 4. The molecular weight excluding hydrogens is 248 g/mol. The van der Waals surface area contributed by atoms with E-state index in [0.717, 1.165) is 6.54 Å². The summed E-state index contributed by atoms with van der Waals surface area (Å²) in [5.41, 5.74) is 7.00. The number of carboxylic acids is 1. The second-order valence-corrected chi connectivity index (χ2v) is 5.77. The predicted molar refractivity (Wildman–Crippen MR) is 76.4 cm³/mol. The first kappa shape index (κ1) is 13.1. The second kappa shape index (κ2) is 6.00. The summed E-state index contributed by atoms with van der Waals surface area (Å²) in [5.74, 6) is 2.12. The van der Waals surface area contributed by atoms with Crippen molar-refractivity contribution in [2.24, 2.45) is 5.92 Å². The molecule has 18 heavy (non-hydrogen) atoms. The number of carbonyl (C=O) groups is 1. The molecule has 0 atom stereocenters. The van der Waals surface area contributed by atoms with Crippen LogP contribution in [0.5, 0.6) is 0 Å². The molecule has 0 unspecified atom stereocenters. The standard InChI is InChI=1S/C13H18N2O2S/c14-10-1-2-12(11(7-10)13(16)17)15-8-9-3-5-18-6-4-9/h1-2,7,9,15H,3-6,8,14H2,(H,16,17). The van der Waals surface area contributed by atoms with Gasteiger partial charge in [0.25, 0.3) is 0 Å². The highest BCUT2D eigenvalue weighted by molar-refractivity contribution is 7.99. The van der Waals surface area contributed by atoms with E-state index in [1.54, 1.807) is 12.1 Å². The molecule has 1 saturated heterocycles. The lowest BCUT2D eigenvalue weighted by atomic mass is 10.0. The first-order valence-electron chi connectivity index (χ1n) is 6.11. The maximum absolute atomic E-state index is 11.1. The van der Waals surface area contributed by atoms with Crippen LogP contribution in [0.15, 0.2) is 18.2 Å². The Balaban J connectivity index is 2.01. The number of carboxylic acid groups (broad SMARTS) is 1. The molecule has 4 N–H and O–H groups in total. The zero-order valence-electron chi connectivity index (χ0n) is 10.2. The fourth-order valence-electron chi connectivity index (χ4n) is 2.10. The van der Waals surface area contributed by atoms with Gasteiger partial charge in [0.05, 0.1) is 5.56 Å². The molecular formula is C13H18N2O2S. The summed E-state index contributed by atoms with van der Waals surface area (Å²) in [6.45, 7) is 0.838. The molecule has 0 aromatic heterocycles. The van der Waals surface area contributed by atoms with E-state index in [0.29, 0.717) is 17.3 Å². The number of aromatic carboxylic acids is 1. The number of anilines is 2. The topological polar surface area (TPSA) is 75.3 Å². The largest absolute Gasteiger partial charge is 0.478 e. The van der Waals surface area contributed by atoms with Crippen molar-refractivity contribution in [3.05, 3.63) is 23.8 Å². The molecule has 1 aromatic rings. The number of thioether (sulfide) groups is 1. The molecule has 0 aliphatic carbocycles. The summed E-state index contributed by atoms with van der Waals surface area (Å²) >= 11 is 1.99. The Labute approximate surface area is 111 Å². The van der Waals surface area contributed by atoms with Crippen LogP contribution >= 0.6 is 11.8 Å². The summed E-state index contributed by atoms with van der Waals surface area (Å²) in [6, 6.07) is 4.98. The molecule has 1 aromatic carbocycles. The predicted octanol–water partition coefficient (Wildman–Crippen LogP) is 2.52. The third kappa shape index (κ3) is 3.32. The highest BCUT2D eigenvalue weighted by atomic mass is 32.2. The van der Waals surface area contributed by atoms with E-state index < -0.39 is 5.97 Å². The van der Waals surface area contributed by atoms with Gasteiger partial charge < -0.3 is 16.2 Å². The number of rotatable bonds is 4. The maximum Gasteiger partial charge on any atom is 0.337 e. The van der Waals surface area contributed by atoms with Gasteiger partial charge in [-0.1, -0.05) is 0 Å². The van der Waals surface area contributed by atoms with E-state index in [4.69, 9.17) is 10.8 Å². The van der Waals surface area contributed by atoms with Crippen molar-refractivity contribution in [1.29, 1.82) is 0 Å². The molecule has 0 saturated carbocycles. The van der Waals surface area contributed by atoms with Crippen LogP contribution in [-0.4, -0.2) is 29.1 Å². The van der Waals surface area contributed by atoms with Crippen LogP contribution in [0.2, 0.25) is 0 Å². The molecule has 4 nitrogen and oxygen atoms in total. The molecule has 0 bridgehead atoms. The van der Waals surface area contributed by atoms with Crippen molar-refractivity contribution in [3.8, 4) is 0 Å². The Morgan fingerprint density at radius 2 is 2.17 bits per heavy atom. The van der Waals surface area contributed by atoms with Gasteiger partial charge in [-0.05, 0) is 48.5 Å². The fraction of sp³-hybridized carbons (Fsp3) is 0.462. The van der Waals surface area contributed by atoms with Gasteiger partial charge in [0, 0.05) is 17.9 Å². The van der Waals surface area contributed by atoms with Crippen LogP contribution in [0, 0.1) is 5.92 Å². The average Bonchev–Trinajstić information content (AvgIpc) is 2.38. The zero-order valence-corrected chi connectivity index (χ0v) is 11.0. The van der Waals surface area contributed by atoms with E-state index in [1.807, 2.05) is 11.8 Å². The Kier molecular flexibility index (Phi) is 4.36. The monoisotopic (exact) mass is 266 g/mol. The number of benzene rings is 1. The van der Waals surface area contributed by atoms with E-state index in [2.05, 4.69) is 5.32 Å². The van der Waals surface area contributed by atoms with Gasteiger partial charge in [0.15, 0.2) is 0 Å². The van der Waals surface area contributed by atoms with E-state index in [9.17, 15) is 4.79 Å². The minimum atomic E-state index is -0.941. The SMILES string of the molecule is Nc1ccc(NCC2CCSCC2)c(C(=O)O)c1. The average molecular weight is 266 g/mol. The van der Waals surface area contributed by atoms with Crippen molar-refractivity contribution in [2.75, 3.05) is 29.1 Å². The lowest BCUT2D eigenvalue weighted by molar-refractivity contribution is 0.0698. The van der Waals surface area contributed by atoms with Gasteiger partial charge in [0.1, 0.15) is 0 Å². The van der Waals surface area contributed by atoms with Crippen molar-refractivity contribution in [2.45, 2.75) is 12.8 Å². The fourth-order valence-corrected chi connectivity index (χ4v) is 3.30. The Morgan fingerprint density at radius 3 is 2.83 bits per heavy atom. The smallest absolute Gasteiger partial charge is 0.337 e. The third-order valence-electron chi connectivity index (χ3n) is 3.20. The summed E-state index contributed by atoms with van der Waals surface area (Å²) in [7, 11) is 0. The number of nitrogen functional groups attached to an aromatic ring is 1. The van der Waals surface area contributed by atoms with Crippen LogP contribution in [0.25, 0.3) is 0 Å². The van der Waals surface area contributed by atoms with Crippen molar-refractivity contribution >= 4 is 29.1 Å². The molecule has 2 rings (SSSR count). The van der Waals surface area contributed by atoms with Gasteiger partial charge in [-0.15, -0.1) is 0 Å². The molecule has 1 fully saturated rings. The molecule has 0 radical (unpaired) electrons. The Bertz CT molecular complexity index is 431. The summed E-state index contributed by atoms with van der Waals surface area (Å²) in [5, 5.41) is 12.4. The van der Waals surface area contributed by atoms with Gasteiger partial charge in [-0.25, -0.2) is 4.79 Å². The van der Waals surface area contributed by atoms with Crippen LogP contribution < -0.4 is 11.1 Å². The van der Waals surface area contributed by atoms with Gasteiger partial charge in [-0.2, -0.15) is 11.8 Å². The molecule has 1 aliphatic rings. The molecule has 0 spiro atoms. The van der Waals surface area contributed by atoms with E-state index in [-0.39, 0.29) is 5.56 Å². The normalized spacial score (nSPS) is 16.4. The van der Waals surface area contributed by atoms with Crippen LogP contribution in [0.1, 0.15) is 23.2 Å². The number of nitrogens with two attached hydrogens (primary N) is 1. The maximum atomic E-state index is 11.1. The van der Waals surface area contributed by atoms with Gasteiger partial charge in [-0.3, -0.25) is 0 Å². The first-order chi connectivity index (χ1) is 8.66. The lowest BCUT2D eigenvalue weighted by Crippen LogP contribution is -2.20. The molecule has 98 valence electrons. The lowest BCUT2D eigenvalue weighted by Gasteiger charge is -2.22. The van der Waals surface area contributed by atoms with Crippen molar-refractivity contribution in [3.63, 3.8) is 0 Å². The van der Waals surface area contributed by atoms with Crippen LogP contribution in [0.3, 0.4) is 0 Å². The zero-order chi connectivity index (χ0) is 13.0. The van der Waals surface area contributed by atoms with Gasteiger partial charge in [0.2, 0.25) is 0 Å². The number of nitrogens with one attached hydrogen (secondary N) is 1. The Hall–Kier alpha value is -1.36. The van der Waals surface area contributed by atoms with Crippen molar-refractivity contribution < 1.29 is 9.90 Å². The second-order valence-electron chi connectivity index (χ2n) is 4.55. The van der Waals surface area contributed by atoms with E-state index >= 15 is 0 Å². The van der Waals surface area contributed by atoms with E-state index in [1.165, 1.54) is 30.4 Å². The molecule has 0 amide bonds. The minimum absolute atomic E-state index is 0.250. The highest BCUT2D eigenvalue weighted by Gasteiger charge is 2.15. The van der Waals surface area contributed by atoms with Crippen molar-refractivity contribution in [1.82, 2.24) is 0 Å². The molecule has 1 heterocycles. The first-order valence-corrected chi connectivity index (χ1v) is 7.26. The molecule has 1 aliphatic heterocycles. The number of hydrogen-bond donors (Lipinski definition) is 3. The third-order valence-corrected chi connectivity index (χ3v) is 4.24. The summed E-state index contributed by atoms with van der Waals surface area (Å²) in [4.78, 5) is 11.1. The Morgan fingerprint density at radius 1 is 1.44 bits per heavy atom. The quantitative estimate of drug-likeness (QED) is 0.730. The minimum Gasteiger partial charge on any atom is -0.478 e. The summed E-state index contributed by atoms with van der Waals surface area (Å²) < 4.78 is 0.